The van der Waals surface area contributed by atoms with E-state index in [2.05, 4.69) is 25.3 Å². The molecule has 2 heterocycles. The number of aromatic nitrogens is 4. The number of nitrogens with one attached hydrogen (secondary N) is 1. The topological polar surface area (TPSA) is 72.8 Å². The molecule has 0 spiro atoms. The molecule has 0 amide bonds. The Kier molecular flexibility index (Phi) is 4.99. The van der Waals surface area contributed by atoms with Crippen LogP contribution in [0.25, 0.3) is 33.5 Å². The molecule has 0 bridgehead atoms. The molecular formula is C21H17F2N5O. The first-order valence-corrected chi connectivity index (χ1v) is 8.99. The number of nitrogens with zero attached hydrogens (tertiary/aromatic N) is 4. The third kappa shape index (κ3) is 3.56. The summed E-state index contributed by atoms with van der Waals surface area (Å²) in [6.45, 7) is 2.24. The minimum absolute atomic E-state index is 0.260. The molecule has 146 valence electrons. The molecular weight excluding hydrogens is 376 g/mol. The molecule has 4 rings (SSSR count). The van der Waals surface area contributed by atoms with Crippen LogP contribution in [-0.2, 0) is 0 Å². The highest BCUT2D eigenvalue weighted by Crippen LogP contribution is 2.36. The van der Waals surface area contributed by atoms with Crippen LogP contribution in [0.15, 0.2) is 48.9 Å². The van der Waals surface area contributed by atoms with Gasteiger partial charge in [-0.05, 0) is 42.8 Å². The predicted molar refractivity (Wildman–Crippen MR) is 107 cm³/mol. The van der Waals surface area contributed by atoms with E-state index in [1.807, 2.05) is 6.92 Å². The van der Waals surface area contributed by atoms with Crippen molar-refractivity contribution in [1.82, 2.24) is 19.9 Å². The number of benzene rings is 2. The van der Waals surface area contributed by atoms with Gasteiger partial charge in [0.05, 0.1) is 6.61 Å². The minimum atomic E-state index is -0.656. The highest BCUT2D eigenvalue weighted by atomic mass is 19.1. The van der Waals surface area contributed by atoms with Crippen molar-refractivity contribution >= 4 is 16.7 Å². The fourth-order valence-electron chi connectivity index (χ4n) is 3.07. The van der Waals surface area contributed by atoms with E-state index >= 15 is 0 Å². The third-order valence-electron chi connectivity index (χ3n) is 4.36. The fraction of sp³-hybridized carbons (Fsp3) is 0.143. The standard InChI is InChI=1S/C21H17F2N5O/c1-3-29-18-9-12(14-5-4-13(22)10-16(14)23)8-15-19(18)27-21(28-20(15)24-2)17-6-7-25-11-26-17/h4-11H,3H2,1-2H3,(H,24,27,28). The van der Waals surface area contributed by atoms with Crippen LogP contribution in [0.5, 0.6) is 5.75 Å². The summed E-state index contributed by atoms with van der Waals surface area (Å²) in [5, 5.41) is 3.70. The van der Waals surface area contributed by atoms with Gasteiger partial charge in [-0.3, -0.25) is 0 Å². The Labute approximate surface area is 165 Å². The van der Waals surface area contributed by atoms with E-state index in [1.54, 1.807) is 31.4 Å². The number of halogens is 2. The van der Waals surface area contributed by atoms with Crippen LogP contribution in [0.3, 0.4) is 0 Å². The van der Waals surface area contributed by atoms with Crippen molar-refractivity contribution in [3.8, 4) is 28.4 Å². The van der Waals surface area contributed by atoms with Gasteiger partial charge in [0.2, 0.25) is 0 Å². The average molecular weight is 393 g/mol. The molecule has 0 aliphatic carbocycles. The Morgan fingerprint density at radius 1 is 1.07 bits per heavy atom. The van der Waals surface area contributed by atoms with Gasteiger partial charge in [0.15, 0.2) is 5.82 Å². The molecule has 1 N–H and O–H groups in total. The van der Waals surface area contributed by atoms with E-state index in [4.69, 9.17) is 4.74 Å². The fourth-order valence-corrected chi connectivity index (χ4v) is 3.07. The normalized spacial score (nSPS) is 10.9. The van der Waals surface area contributed by atoms with Gasteiger partial charge in [-0.2, -0.15) is 0 Å². The van der Waals surface area contributed by atoms with E-state index in [1.165, 1.54) is 18.5 Å². The molecule has 0 unspecified atom stereocenters. The zero-order valence-electron chi connectivity index (χ0n) is 15.8. The highest BCUT2D eigenvalue weighted by molar-refractivity contribution is 5.97. The summed E-state index contributed by atoms with van der Waals surface area (Å²) in [6, 6.07) is 8.63. The second-order valence-electron chi connectivity index (χ2n) is 6.17. The Morgan fingerprint density at radius 2 is 1.93 bits per heavy atom. The maximum Gasteiger partial charge on any atom is 0.181 e. The summed E-state index contributed by atoms with van der Waals surface area (Å²) < 4.78 is 33.5. The van der Waals surface area contributed by atoms with E-state index < -0.39 is 11.6 Å². The Balaban J connectivity index is 1.98. The molecule has 2 aromatic carbocycles. The highest BCUT2D eigenvalue weighted by Gasteiger charge is 2.17. The van der Waals surface area contributed by atoms with Crippen molar-refractivity contribution in [3.63, 3.8) is 0 Å². The van der Waals surface area contributed by atoms with E-state index in [0.29, 0.717) is 46.2 Å². The van der Waals surface area contributed by atoms with Crippen LogP contribution in [-0.4, -0.2) is 33.6 Å². The van der Waals surface area contributed by atoms with Crippen molar-refractivity contribution < 1.29 is 13.5 Å². The summed E-state index contributed by atoms with van der Waals surface area (Å²) in [7, 11) is 1.73. The largest absolute Gasteiger partial charge is 0.492 e. The molecule has 0 atom stereocenters. The average Bonchev–Trinajstić information content (AvgIpc) is 2.74. The van der Waals surface area contributed by atoms with Gasteiger partial charge in [0, 0.05) is 30.3 Å². The quantitative estimate of drug-likeness (QED) is 0.539. The molecule has 8 heteroatoms. The molecule has 0 aliphatic rings. The smallest absolute Gasteiger partial charge is 0.181 e. The lowest BCUT2D eigenvalue weighted by Gasteiger charge is -2.14. The molecule has 0 saturated heterocycles. The summed E-state index contributed by atoms with van der Waals surface area (Å²) in [5.74, 6) is 0.125. The molecule has 0 saturated carbocycles. The molecule has 4 aromatic rings. The molecule has 6 nitrogen and oxygen atoms in total. The SMILES string of the molecule is CCOc1cc(-c2ccc(F)cc2F)cc2c(NC)nc(-c3ccncn3)nc12. The van der Waals surface area contributed by atoms with Crippen LogP contribution in [0.4, 0.5) is 14.6 Å². The van der Waals surface area contributed by atoms with Crippen molar-refractivity contribution in [2.45, 2.75) is 6.92 Å². The summed E-state index contributed by atoms with van der Waals surface area (Å²) in [6.07, 6.45) is 3.03. The maximum atomic E-state index is 14.4. The number of hydrogen-bond donors (Lipinski definition) is 1. The van der Waals surface area contributed by atoms with Gasteiger partial charge >= 0.3 is 0 Å². The number of fused-ring (bicyclic) bond motifs is 1. The van der Waals surface area contributed by atoms with E-state index in [-0.39, 0.29) is 5.56 Å². The third-order valence-corrected chi connectivity index (χ3v) is 4.36. The summed E-state index contributed by atoms with van der Waals surface area (Å²) in [5.41, 5.74) is 1.92. The Hall–Kier alpha value is -3.68. The van der Waals surface area contributed by atoms with E-state index in [9.17, 15) is 8.78 Å². The lowest BCUT2D eigenvalue weighted by atomic mass is 10.0. The van der Waals surface area contributed by atoms with Crippen LogP contribution in [0, 0.1) is 11.6 Å². The first-order valence-electron chi connectivity index (χ1n) is 8.99. The van der Waals surface area contributed by atoms with Gasteiger partial charge in [-0.25, -0.2) is 28.7 Å². The molecule has 0 aliphatic heterocycles. The van der Waals surface area contributed by atoms with Crippen molar-refractivity contribution in [2.24, 2.45) is 0 Å². The molecule has 0 fully saturated rings. The van der Waals surface area contributed by atoms with Gasteiger partial charge in [-0.15, -0.1) is 0 Å². The maximum absolute atomic E-state index is 14.4. The molecule has 0 radical (unpaired) electrons. The van der Waals surface area contributed by atoms with E-state index in [0.717, 1.165) is 6.07 Å². The van der Waals surface area contributed by atoms with Crippen LogP contribution >= 0.6 is 0 Å². The number of anilines is 1. The van der Waals surface area contributed by atoms with Gasteiger partial charge in [0.25, 0.3) is 0 Å². The number of hydrogen-bond acceptors (Lipinski definition) is 6. The minimum Gasteiger partial charge on any atom is -0.492 e. The lowest BCUT2D eigenvalue weighted by molar-refractivity contribution is 0.344. The van der Waals surface area contributed by atoms with Crippen LogP contribution in [0.1, 0.15) is 6.92 Å². The summed E-state index contributed by atoms with van der Waals surface area (Å²) in [4.78, 5) is 17.3. The Bertz CT molecular complexity index is 1180. The van der Waals surface area contributed by atoms with Crippen molar-refractivity contribution in [3.05, 3.63) is 60.6 Å². The van der Waals surface area contributed by atoms with Crippen molar-refractivity contribution in [2.75, 3.05) is 19.0 Å². The number of ether oxygens (including phenoxy) is 1. The van der Waals surface area contributed by atoms with Crippen molar-refractivity contribution in [1.29, 1.82) is 0 Å². The first-order chi connectivity index (χ1) is 14.1. The first kappa shape index (κ1) is 18.7. The van der Waals surface area contributed by atoms with Crippen LogP contribution in [0.2, 0.25) is 0 Å². The monoisotopic (exact) mass is 393 g/mol. The van der Waals surface area contributed by atoms with Gasteiger partial charge < -0.3 is 10.1 Å². The van der Waals surface area contributed by atoms with Gasteiger partial charge in [0.1, 0.15) is 40.7 Å². The second-order valence-corrected chi connectivity index (χ2v) is 6.17. The second kappa shape index (κ2) is 7.75. The van der Waals surface area contributed by atoms with Crippen LogP contribution < -0.4 is 10.1 Å². The predicted octanol–water partition coefficient (Wildman–Crippen LogP) is 4.47. The zero-order valence-corrected chi connectivity index (χ0v) is 15.8. The summed E-state index contributed by atoms with van der Waals surface area (Å²) >= 11 is 0. The molecule has 29 heavy (non-hydrogen) atoms. The lowest BCUT2D eigenvalue weighted by Crippen LogP contribution is -2.03. The molecule has 2 aromatic heterocycles. The zero-order chi connectivity index (χ0) is 20.4. The Morgan fingerprint density at radius 3 is 2.62 bits per heavy atom. The van der Waals surface area contributed by atoms with Gasteiger partial charge in [-0.1, -0.05) is 0 Å². The number of rotatable bonds is 5.